The van der Waals surface area contributed by atoms with Crippen LogP contribution < -0.4 is 10.6 Å². The molecule has 0 radical (unpaired) electrons. The number of nitrogens with zero attached hydrogens (tertiary/aromatic N) is 1. The molecule has 1 aliphatic carbocycles. The molecule has 2 heterocycles. The molecule has 1 saturated carbocycles. The largest absolute Gasteiger partial charge is 0.480 e. The maximum atomic E-state index is 12.1. The molecule has 3 N–H and O–H groups in total. The lowest BCUT2D eigenvalue weighted by atomic mass is 9.90. The number of carboxylic acid groups (broad SMARTS) is 1. The minimum atomic E-state index is -1.18. The highest BCUT2D eigenvalue weighted by molar-refractivity contribution is 5.86. The summed E-state index contributed by atoms with van der Waals surface area (Å²) < 4.78 is 5.20. The van der Waals surface area contributed by atoms with E-state index in [0.29, 0.717) is 32.1 Å². The van der Waals surface area contributed by atoms with E-state index in [9.17, 15) is 14.7 Å². The SMILES string of the molecule is O=C(NC1CCN(C2CC2)C1)NC1(C(=O)O)CCOCC1. The van der Waals surface area contributed by atoms with E-state index >= 15 is 0 Å². The van der Waals surface area contributed by atoms with E-state index < -0.39 is 11.5 Å². The molecular formula is C14H23N3O4. The van der Waals surface area contributed by atoms with Crippen molar-refractivity contribution in [3.63, 3.8) is 0 Å². The van der Waals surface area contributed by atoms with Crippen LogP contribution in [0.5, 0.6) is 0 Å². The minimum Gasteiger partial charge on any atom is -0.480 e. The smallest absolute Gasteiger partial charge is 0.329 e. The molecule has 0 aromatic heterocycles. The van der Waals surface area contributed by atoms with Gasteiger partial charge in [-0.1, -0.05) is 0 Å². The predicted molar refractivity (Wildman–Crippen MR) is 75.1 cm³/mol. The van der Waals surface area contributed by atoms with Crippen molar-refractivity contribution in [2.75, 3.05) is 26.3 Å². The summed E-state index contributed by atoms with van der Waals surface area (Å²) in [4.78, 5) is 26.0. The molecule has 3 rings (SSSR count). The molecule has 1 atom stereocenters. The van der Waals surface area contributed by atoms with Crippen LogP contribution in [-0.2, 0) is 9.53 Å². The van der Waals surface area contributed by atoms with Gasteiger partial charge in [-0.15, -0.1) is 0 Å². The van der Waals surface area contributed by atoms with Gasteiger partial charge in [-0.25, -0.2) is 9.59 Å². The Morgan fingerprint density at radius 3 is 2.52 bits per heavy atom. The molecule has 0 aromatic carbocycles. The zero-order valence-electron chi connectivity index (χ0n) is 12.1. The van der Waals surface area contributed by atoms with Gasteiger partial charge in [0.25, 0.3) is 0 Å². The van der Waals surface area contributed by atoms with Gasteiger partial charge in [0.05, 0.1) is 0 Å². The third-order valence-corrected chi connectivity index (χ3v) is 4.73. The van der Waals surface area contributed by atoms with Crippen LogP contribution in [0.15, 0.2) is 0 Å². The van der Waals surface area contributed by atoms with Crippen molar-refractivity contribution in [3.05, 3.63) is 0 Å². The van der Waals surface area contributed by atoms with Crippen LogP contribution in [0.1, 0.15) is 32.1 Å². The molecule has 7 heteroatoms. The quantitative estimate of drug-likeness (QED) is 0.687. The fraction of sp³-hybridized carbons (Fsp3) is 0.857. The van der Waals surface area contributed by atoms with Crippen molar-refractivity contribution in [3.8, 4) is 0 Å². The van der Waals surface area contributed by atoms with E-state index in [4.69, 9.17) is 4.74 Å². The van der Waals surface area contributed by atoms with Crippen LogP contribution in [0, 0.1) is 0 Å². The average molecular weight is 297 g/mol. The molecule has 3 aliphatic rings. The fourth-order valence-electron chi connectivity index (χ4n) is 3.23. The number of ether oxygens (including phenoxy) is 1. The van der Waals surface area contributed by atoms with Crippen molar-refractivity contribution >= 4 is 12.0 Å². The number of likely N-dealkylation sites (tertiary alicyclic amines) is 1. The molecular weight excluding hydrogens is 274 g/mol. The highest BCUT2D eigenvalue weighted by Gasteiger charge is 2.42. The molecule has 2 saturated heterocycles. The first-order valence-electron chi connectivity index (χ1n) is 7.73. The Balaban J connectivity index is 1.51. The van der Waals surface area contributed by atoms with Crippen molar-refractivity contribution in [1.82, 2.24) is 15.5 Å². The van der Waals surface area contributed by atoms with Gasteiger partial charge in [-0.05, 0) is 19.3 Å². The molecule has 3 fully saturated rings. The standard InChI is InChI=1S/C14H23N3O4/c18-12(19)14(4-7-21-8-5-14)16-13(20)15-10-3-6-17(9-10)11-1-2-11/h10-11H,1-9H2,(H,18,19)(H2,15,16,20). The van der Waals surface area contributed by atoms with E-state index in [1.165, 1.54) is 12.8 Å². The van der Waals surface area contributed by atoms with E-state index in [0.717, 1.165) is 19.5 Å². The van der Waals surface area contributed by atoms with E-state index in [1.54, 1.807) is 0 Å². The first-order chi connectivity index (χ1) is 10.1. The van der Waals surface area contributed by atoms with Crippen LogP contribution in [0.25, 0.3) is 0 Å². The molecule has 0 aromatic rings. The second-order valence-corrected chi connectivity index (χ2v) is 6.31. The molecule has 2 aliphatic heterocycles. The van der Waals surface area contributed by atoms with Gasteiger partial charge in [0.15, 0.2) is 0 Å². The third kappa shape index (κ3) is 3.29. The monoisotopic (exact) mass is 297 g/mol. The molecule has 118 valence electrons. The first kappa shape index (κ1) is 14.6. The Kier molecular flexibility index (Phi) is 4.03. The summed E-state index contributed by atoms with van der Waals surface area (Å²) in [6.45, 7) is 2.63. The van der Waals surface area contributed by atoms with Crippen LogP contribution >= 0.6 is 0 Å². The minimum absolute atomic E-state index is 0.122. The van der Waals surface area contributed by atoms with Gasteiger partial charge in [0, 0.05) is 51.2 Å². The topological polar surface area (TPSA) is 90.9 Å². The van der Waals surface area contributed by atoms with Crippen LogP contribution in [-0.4, -0.2) is 65.9 Å². The Morgan fingerprint density at radius 2 is 1.90 bits per heavy atom. The number of rotatable bonds is 4. The Hall–Kier alpha value is -1.34. The van der Waals surface area contributed by atoms with Crippen LogP contribution in [0.4, 0.5) is 4.79 Å². The normalized spacial score (nSPS) is 29.0. The Morgan fingerprint density at radius 1 is 1.19 bits per heavy atom. The lowest BCUT2D eigenvalue weighted by Crippen LogP contribution is -2.60. The number of nitrogens with one attached hydrogen (secondary N) is 2. The predicted octanol–water partition coefficient (Wildman–Crippen LogP) is 0.156. The second kappa shape index (κ2) is 5.81. The third-order valence-electron chi connectivity index (χ3n) is 4.73. The number of urea groups is 1. The maximum Gasteiger partial charge on any atom is 0.329 e. The first-order valence-corrected chi connectivity index (χ1v) is 7.73. The number of carboxylic acids is 1. The number of hydrogen-bond donors (Lipinski definition) is 3. The van der Waals surface area contributed by atoms with Crippen LogP contribution in [0.2, 0.25) is 0 Å². The number of amides is 2. The van der Waals surface area contributed by atoms with E-state index in [1.807, 2.05) is 0 Å². The zero-order valence-corrected chi connectivity index (χ0v) is 12.1. The van der Waals surface area contributed by atoms with E-state index in [-0.39, 0.29) is 12.1 Å². The van der Waals surface area contributed by atoms with Crippen molar-refractivity contribution in [2.45, 2.75) is 49.7 Å². The summed E-state index contributed by atoms with van der Waals surface area (Å²) in [6, 6.07) is 0.457. The Bertz CT molecular complexity index is 418. The van der Waals surface area contributed by atoms with Gasteiger partial charge in [0.2, 0.25) is 0 Å². The van der Waals surface area contributed by atoms with E-state index in [2.05, 4.69) is 15.5 Å². The summed E-state index contributed by atoms with van der Waals surface area (Å²) in [6.07, 6.45) is 4.10. The lowest BCUT2D eigenvalue weighted by molar-refractivity contribution is -0.148. The number of aliphatic carboxylic acids is 1. The van der Waals surface area contributed by atoms with Crippen molar-refractivity contribution < 1.29 is 19.4 Å². The molecule has 0 spiro atoms. The van der Waals surface area contributed by atoms with Crippen molar-refractivity contribution in [1.29, 1.82) is 0 Å². The van der Waals surface area contributed by atoms with Crippen molar-refractivity contribution in [2.24, 2.45) is 0 Å². The van der Waals surface area contributed by atoms with Gasteiger partial charge >= 0.3 is 12.0 Å². The summed E-state index contributed by atoms with van der Waals surface area (Å²) in [5.74, 6) is -0.980. The molecule has 2 amide bonds. The molecule has 7 nitrogen and oxygen atoms in total. The zero-order chi connectivity index (χ0) is 14.9. The maximum absolute atomic E-state index is 12.1. The number of carbonyl (C=O) groups is 2. The van der Waals surface area contributed by atoms with Gasteiger partial charge in [-0.2, -0.15) is 0 Å². The summed E-state index contributed by atoms with van der Waals surface area (Å²) >= 11 is 0. The lowest BCUT2D eigenvalue weighted by Gasteiger charge is -2.34. The summed E-state index contributed by atoms with van der Waals surface area (Å²) in [7, 11) is 0. The van der Waals surface area contributed by atoms with Gasteiger partial charge in [0.1, 0.15) is 5.54 Å². The molecule has 1 unspecified atom stereocenters. The second-order valence-electron chi connectivity index (χ2n) is 6.31. The summed E-state index contributed by atoms with van der Waals surface area (Å²) in [5, 5.41) is 15.0. The average Bonchev–Trinajstić information content (AvgIpc) is 3.20. The highest BCUT2D eigenvalue weighted by Crippen LogP contribution is 2.29. The number of carbonyl (C=O) groups excluding carboxylic acids is 1. The highest BCUT2D eigenvalue weighted by atomic mass is 16.5. The molecule has 21 heavy (non-hydrogen) atoms. The van der Waals surface area contributed by atoms with Gasteiger partial charge < -0.3 is 20.5 Å². The summed E-state index contributed by atoms with van der Waals surface area (Å²) in [5.41, 5.74) is -1.18. The van der Waals surface area contributed by atoms with Gasteiger partial charge in [-0.3, -0.25) is 4.90 Å². The van der Waals surface area contributed by atoms with Crippen LogP contribution in [0.3, 0.4) is 0 Å². The Labute approximate surface area is 124 Å². The molecule has 0 bridgehead atoms. The fourth-order valence-corrected chi connectivity index (χ4v) is 3.23. The number of hydrogen-bond acceptors (Lipinski definition) is 4.